The fourth-order valence-corrected chi connectivity index (χ4v) is 2.72. The smallest absolute Gasteiger partial charge is 0.312 e. The molecule has 8 heteroatoms. The molecule has 0 fully saturated rings. The Labute approximate surface area is 167 Å². The number of nitrogens with zero attached hydrogens (tertiary/aromatic N) is 3. The van der Waals surface area contributed by atoms with E-state index in [1.807, 2.05) is 36.6 Å². The van der Waals surface area contributed by atoms with Gasteiger partial charge < -0.3 is 9.47 Å². The molecule has 0 saturated carbocycles. The number of esters is 1. The minimum Gasteiger partial charge on any atom is -0.469 e. The van der Waals surface area contributed by atoms with Crippen molar-refractivity contribution < 1.29 is 19.1 Å². The van der Waals surface area contributed by atoms with E-state index in [1.54, 1.807) is 6.92 Å². The van der Waals surface area contributed by atoms with E-state index >= 15 is 0 Å². The monoisotopic (exact) mass is 403 g/mol. The fourth-order valence-electron chi connectivity index (χ4n) is 2.32. The van der Waals surface area contributed by atoms with Gasteiger partial charge in [-0.05, 0) is 25.3 Å². The largest absolute Gasteiger partial charge is 0.469 e. The van der Waals surface area contributed by atoms with Crippen molar-refractivity contribution in [2.75, 3.05) is 37.4 Å². The number of anilines is 1. The molecule has 0 bridgehead atoms. The topological polar surface area (TPSA) is 81.6 Å². The van der Waals surface area contributed by atoms with Crippen molar-refractivity contribution in [1.29, 1.82) is 0 Å². The van der Waals surface area contributed by atoms with Crippen LogP contribution >= 0.6 is 10.5 Å². The molecular formula is C20H25N3O4S. The summed E-state index contributed by atoms with van der Waals surface area (Å²) in [6.07, 6.45) is 4.98. The summed E-state index contributed by atoms with van der Waals surface area (Å²) in [6.45, 7) is 2.29. The molecule has 1 heterocycles. The second-order valence-electron chi connectivity index (χ2n) is 6.18. The van der Waals surface area contributed by atoms with E-state index < -0.39 is 5.92 Å². The molecule has 2 rings (SSSR count). The van der Waals surface area contributed by atoms with Gasteiger partial charge in [-0.25, -0.2) is 9.97 Å². The van der Waals surface area contributed by atoms with Crippen LogP contribution in [0, 0.1) is 0 Å². The number of hydrogen-bond donors (Lipinski definition) is 0. The predicted molar refractivity (Wildman–Crippen MR) is 112 cm³/mol. The van der Waals surface area contributed by atoms with Crippen LogP contribution in [0.3, 0.4) is 0 Å². The van der Waals surface area contributed by atoms with Crippen molar-refractivity contribution >= 4 is 33.9 Å². The molecule has 2 unspecified atom stereocenters. The molecular weight excluding hydrogens is 378 g/mol. The standard InChI is InChI=1S/C20H25N3O4S/c1-15(20(25)26-2)16-12-21-18(22-13-16)19(24)23(14-27-10-11-28(3)4)17-8-6-5-7-9-17/h5-9,12-13,15H,3,10-11,14H2,1-2,4H3. The molecule has 150 valence electrons. The maximum absolute atomic E-state index is 13.0. The zero-order valence-electron chi connectivity index (χ0n) is 16.3. The molecule has 7 nitrogen and oxygen atoms in total. The summed E-state index contributed by atoms with van der Waals surface area (Å²) in [4.78, 5) is 34.4. The quantitative estimate of drug-likeness (QED) is 0.277. The third-order valence-electron chi connectivity index (χ3n) is 4.03. The second-order valence-corrected chi connectivity index (χ2v) is 8.15. The van der Waals surface area contributed by atoms with Gasteiger partial charge in [0.1, 0.15) is 6.73 Å². The van der Waals surface area contributed by atoms with Crippen molar-refractivity contribution in [3.05, 3.63) is 54.1 Å². The molecule has 0 N–H and O–H groups in total. The Bertz CT molecular complexity index is 812. The summed E-state index contributed by atoms with van der Waals surface area (Å²) in [5, 5.41) is 0. The first-order valence-corrected chi connectivity index (χ1v) is 10.7. The number of carbonyl (C=O) groups excluding carboxylic acids is 2. The van der Waals surface area contributed by atoms with E-state index in [2.05, 4.69) is 15.8 Å². The third-order valence-corrected chi connectivity index (χ3v) is 4.89. The highest BCUT2D eigenvalue weighted by Crippen LogP contribution is 2.18. The maximum atomic E-state index is 13.0. The lowest BCUT2D eigenvalue weighted by molar-refractivity contribution is -0.142. The number of para-hydroxylation sites is 1. The van der Waals surface area contributed by atoms with E-state index in [4.69, 9.17) is 9.47 Å². The predicted octanol–water partition coefficient (Wildman–Crippen LogP) is 2.70. The molecule has 1 amide bonds. The summed E-state index contributed by atoms with van der Waals surface area (Å²) < 4.78 is 10.4. The zero-order valence-corrected chi connectivity index (χ0v) is 17.1. The molecule has 0 spiro atoms. The van der Waals surface area contributed by atoms with Crippen molar-refractivity contribution in [3.8, 4) is 0 Å². The maximum Gasteiger partial charge on any atom is 0.312 e. The third kappa shape index (κ3) is 5.97. The van der Waals surface area contributed by atoms with Crippen molar-refractivity contribution in [3.63, 3.8) is 0 Å². The van der Waals surface area contributed by atoms with E-state index in [9.17, 15) is 9.59 Å². The lowest BCUT2D eigenvalue weighted by Gasteiger charge is -2.22. The van der Waals surface area contributed by atoms with Gasteiger partial charge in [0.2, 0.25) is 5.82 Å². The van der Waals surface area contributed by atoms with Crippen LogP contribution in [0.15, 0.2) is 42.7 Å². The second kappa shape index (κ2) is 10.7. The number of carbonyl (C=O) groups is 2. The lowest BCUT2D eigenvalue weighted by atomic mass is 10.1. The molecule has 0 aliphatic carbocycles. The van der Waals surface area contributed by atoms with Gasteiger partial charge in [0, 0.05) is 29.4 Å². The van der Waals surface area contributed by atoms with E-state index in [-0.39, 0.29) is 34.9 Å². The highest BCUT2D eigenvalue weighted by Gasteiger charge is 2.22. The lowest BCUT2D eigenvalue weighted by Crippen LogP contribution is -2.34. The van der Waals surface area contributed by atoms with Gasteiger partial charge in [-0.1, -0.05) is 24.1 Å². The van der Waals surface area contributed by atoms with Crippen LogP contribution in [-0.2, 0) is 14.3 Å². The van der Waals surface area contributed by atoms with Crippen LogP contribution < -0.4 is 4.90 Å². The van der Waals surface area contributed by atoms with E-state index in [0.717, 1.165) is 5.75 Å². The summed E-state index contributed by atoms with van der Waals surface area (Å²) >= 11 is 0. The molecule has 0 aliphatic rings. The minimum absolute atomic E-state index is 0.0256. The van der Waals surface area contributed by atoms with Crippen LogP contribution in [0.2, 0.25) is 0 Å². The Morgan fingerprint density at radius 3 is 2.43 bits per heavy atom. The Hall–Kier alpha value is -2.58. The van der Waals surface area contributed by atoms with Crippen molar-refractivity contribution in [1.82, 2.24) is 9.97 Å². The number of methoxy groups -OCH3 is 1. The summed E-state index contributed by atoms with van der Waals surface area (Å²) in [5.74, 6) is 3.53. The molecule has 2 atom stereocenters. The first kappa shape index (κ1) is 21.7. The van der Waals surface area contributed by atoms with Gasteiger partial charge in [0.25, 0.3) is 5.91 Å². The Morgan fingerprint density at radius 1 is 1.21 bits per heavy atom. The van der Waals surface area contributed by atoms with Crippen molar-refractivity contribution in [2.24, 2.45) is 0 Å². The number of aromatic nitrogens is 2. The highest BCUT2D eigenvalue weighted by atomic mass is 32.2. The molecule has 0 aliphatic heterocycles. The fraction of sp³-hybridized carbons (Fsp3) is 0.350. The number of ether oxygens (including phenoxy) is 2. The Morgan fingerprint density at radius 2 is 1.86 bits per heavy atom. The summed E-state index contributed by atoms with van der Waals surface area (Å²) in [5.41, 5.74) is 1.27. The van der Waals surface area contributed by atoms with E-state index in [1.165, 1.54) is 24.4 Å². The van der Waals surface area contributed by atoms with Gasteiger partial charge in [0.15, 0.2) is 0 Å². The summed E-state index contributed by atoms with van der Waals surface area (Å²) in [6, 6.07) is 9.20. The van der Waals surface area contributed by atoms with Gasteiger partial charge in [0.05, 0.1) is 19.6 Å². The number of benzene rings is 1. The first-order chi connectivity index (χ1) is 13.4. The SMILES string of the molecule is C=S(C)CCOCN(C(=O)c1ncc(C(C)C(=O)OC)cn1)c1ccccc1. The van der Waals surface area contributed by atoms with Gasteiger partial charge >= 0.3 is 5.97 Å². The zero-order chi connectivity index (χ0) is 20.5. The summed E-state index contributed by atoms with van der Waals surface area (Å²) in [7, 11) is 1.35. The molecule has 1 aromatic heterocycles. The minimum atomic E-state index is -0.506. The van der Waals surface area contributed by atoms with Gasteiger partial charge in [-0.2, -0.15) is 10.5 Å². The van der Waals surface area contributed by atoms with Crippen LogP contribution in [0.25, 0.3) is 0 Å². The van der Waals surface area contributed by atoms with Crippen molar-refractivity contribution in [2.45, 2.75) is 12.8 Å². The molecule has 0 radical (unpaired) electrons. The molecule has 28 heavy (non-hydrogen) atoms. The van der Waals surface area contributed by atoms with Crippen LogP contribution in [0.5, 0.6) is 0 Å². The van der Waals surface area contributed by atoms with Crippen LogP contribution in [-0.4, -0.2) is 60.2 Å². The Balaban J connectivity index is 2.17. The normalized spacial score (nSPS) is 12.8. The highest BCUT2D eigenvalue weighted by molar-refractivity contribution is 8.13. The average Bonchev–Trinajstić information content (AvgIpc) is 2.72. The molecule has 0 saturated heterocycles. The molecule has 1 aromatic carbocycles. The first-order valence-electron chi connectivity index (χ1n) is 8.70. The van der Waals surface area contributed by atoms with Gasteiger partial charge in [-0.15, -0.1) is 0 Å². The number of hydrogen-bond acceptors (Lipinski definition) is 6. The number of amides is 1. The van der Waals surface area contributed by atoms with Crippen LogP contribution in [0.1, 0.15) is 29.0 Å². The van der Waals surface area contributed by atoms with E-state index in [0.29, 0.717) is 17.9 Å². The Kier molecular flexibility index (Phi) is 8.28. The molecule has 2 aromatic rings. The van der Waals surface area contributed by atoms with Gasteiger partial charge in [-0.3, -0.25) is 14.5 Å². The average molecular weight is 404 g/mol. The van der Waals surface area contributed by atoms with Crippen LogP contribution in [0.4, 0.5) is 5.69 Å². The number of rotatable bonds is 9.